The Bertz CT molecular complexity index is 391. The molecular formula is C16H25N2O+. The fourth-order valence-electron chi connectivity index (χ4n) is 2.73. The highest BCUT2D eigenvalue weighted by Gasteiger charge is 2.20. The molecule has 0 spiro atoms. The Morgan fingerprint density at radius 1 is 1.26 bits per heavy atom. The van der Waals surface area contributed by atoms with Crippen LogP contribution in [0.15, 0.2) is 30.6 Å². The van der Waals surface area contributed by atoms with Gasteiger partial charge >= 0.3 is 0 Å². The Kier molecular flexibility index (Phi) is 5.37. The highest BCUT2D eigenvalue weighted by Crippen LogP contribution is 2.16. The Balaban J connectivity index is 1.64. The van der Waals surface area contributed by atoms with Crippen LogP contribution in [0.1, 0.15) is 39.0 Å². The van der Waals surface area contributed by atoms with Gasteiger partial charge in [-0.25, -0.2) is 4.57 Å². The Morgan fingerprint density at radius 3 is 2.79 bits per heavy atom. The molecule has 1 aromatic heterocycles. The molecule has 0 saturated carbocycles. The maximum Gasteiger partial charge on any atom is 0.222 e. The van der Waals surface area contributed by atoms with Crippen molar-refractivity contribution in [1.29, 1.82) is 0 Å². The first-order valence-electron chi connectivity index (χ1n) is 7.47. The summed E-state index contributed by atoms with van der Waals surface area (Å²) in [5.74, 6) is 1.03. The molecule has 0 aromatic carbocycles. The second kappa shape index (κ2) is 7.27. The van der Waals surface area contributed by atoms with E-state index in [2.05, 4.69) is 28.8 Å². The Hall–Kier alpha value is -1.38. The molecule has 1 aliphatic rings. The van der Waals surface area contributed by atoms with Crippen molar-refractivity contribution >= 4 is 5.91 Å². The van der Waals surface area contributed by atoms with Crippen LogP contribution in [-0.4, -0.2) is 23.9 Å². The van der Waals surface area contributed by atoms with Gasteiger partial charge in [0.05, 0.1) is 0 Å². The summed E-state index contributed by atoms with van der Waals surface area (Å²) in [6.45, 7) is 5.18. The monoisotopic (exact) mass is 261 g/mol. The summed E-state index contributed by atoms with van der Waals surface area (Å²) >= 11 is 0. The highest BCUT2D eigenvalue weighted by molar-refractivity contribution is 5.76. The third-order valence-electron chi connectivity index (χ3n) is 3.84. The lowest BCUT2D eigenvalue weighted by Gasteiger charge is -2.31. The predicted molar refractivity (Wildman–Crippen MR) is 75.5 cm³/mol. The summed E-state index contributed by atoms with van der Waals surface area (Å²) in [5.41, 5.74) is 0. The van der Waals surface area contributed by atoms with Crippen LogP contribution in [0.5, 0.6) is 0 Å². The molecule has 1 saturated heterocycles. The molecule has 2 rings (SSSR count). The van der Waals surface area contributed by atoms with E-state index in [4.69, 9.17) is 0 Å². The number of aromatic nitrogens is 1. The van der Waals surface area contributed by atoms with Gasteiger partial charge < -0.3 is 4.90 Å². The van der Waals surface area contributed by atoms with Gasteiger partial charge in [-0.15, -0.1) is 0 Å². The topological polar surface area (TPSA) is 24.2 Å². The number of rotatable bonds is 5. The van der Waals surface area contributed by atoms with Crippen LogP contribution in [0.25, 0.3) is 0 Å². The number of hydrogen-bond donors (Lipinski definition) is 0. The molecule has 0 bridgehead atoms. The second-order valence-electron chi connectivity index (χ2n) is 5.66. The maximum absolute atomic E-state index is 12.1. The van der Waals surface area contributed by atoms with Gasteiger partial charge in [0.25, 0.3) is 0 Å². The van der Waals surface area contributed by atoms with Crippen LogP contribution >= 0.6 is 0 Å². The van der Waals surface area contributed by atoms with E-state index < -0.39 is 0 Å². The third kappa shape index (κ3) is 4.66. The van der Waals surface area contributed by atoms with Gasteiger partial charge in [-0.2, -0.15) is 0 Å². The number of likely N-dealkylation sites (tertiary alicyclic amines) is 1. The minimum atomic E-state index is 0.351. The van der Waals surface area contributed by atoms with E-state index in [0.717, 1.165) is 32.5 Å². The van der Waals surface area contributed by atoms with Crippen molar-refractivity contribution in [1.82, 2.24) is 4.90 Å². The van der Waals surface area contributed by atoms with E-state index in [1.54, 1.807) is 0 Å². The van der Waals surface area contributed by atoms with Gasteiger partial charge in [0.1, 0.15) is 6.54 Å². The summed E-state index contributed by atoms with van der Waals surface area (Å²) in [6.07, 6.45) is 9.37. The number of pyridine rings is 1. The molecule has 2 heterocycles. The van der Waals surface area contributed by atoms with Crippen LogP contribution in [0.3, 0.4) is 0 Å². The molecule has 1 unspecified atom stereocenters. The van der Waals surface area contributed by atoms with Gasteiger partial charge in [-0.3, -0.25) is 4.79 Å². The number of unbranched alkanes of at least 4 members (excludes halogenated alkanes) is 1. The van der Waals surface area contributed by atoms with E-state index in [9.17, 15) is 4.79 Å². The summed E-state index contributed by atoms with van der Waals surface area (Å²) in [7, 11) is 0. The van der Waals surface area contributed by atoms with Crippen molar-refractivity contribution in [3.05, 3.63) is 30.6 Å². The zero-order valence-corrected chi connectivity index (χ0v) is 11.9. The fourth-order valence-corrected chi connectivity index (χ4v) is 2.73. The summed E-state index contributed by atoms with van der Waals surface area (Å²) in [5, 5.41) is 0. The largest absolute Gasteiger partial charge is 0.342 e. The zero-order valence-electron chi connectivity index (χ0n) is 11.9. The maximum atomic E-state index is 12.1. The van der Waals surface area contributed by atoms with Crippen LogP contribution < -0.4 is 4.57 Å². The quantitative estimate of drug-likeness (QED) is 0.590. The Morgan fingerprint density at radius 2 is 2.05 bits per heavy atom. The number of carbonyl (C=O) groups is 1. The molecule has 3 nitrogen and oxygen atoms in total. The average molecular weight is 261 g/mol. The van der Waals surface area contributed by atoms with Gasteiger partial charge in [0.2, 0.25) is 5.91 Å². The van der Waals surface area contributed by atoms with Crippen LogP contribution in [0.4, 0.5) is 0 Å². The predicted octanol–water partition coefficient (Wildman–Crippen LogP) is 2.40. The Labute approximate surface area is 116 Å². The van der Waals surface area contributed by atoms with E-state index in [-0.39, 0.29) is 0 Å². The minimum Gasteiger partial charge on any atom is -0.342 e. The second-order valence-corrected chi connectivity index (χ2v) is 5.66. The van der Waals surface area contributed by atoms with Crippen LogP contribution in [-0.2, 0) is 11.3 Å². The zero-order chi connectivity index (χ0) is 13.5. The van der Waals surface area contributed by atoms with Crippen molar-refractivity contribution in [2.45, 2.75) is 45.6 Å². The lowest BCUT2D eigenvalue weighted by molar-refractivity contribution is -0.697. The standard InChI is InChI=1S/C16H25N2O/c1-15-8-7-13-18(14-15)16(19)9-3-6-12-17-10-4-2-5-11-17/h2,4-5,10-11,15H,3,6-9,12-14H2,1H3/q+1. The van der Waals surface area contributed by atoms with E-state index in [1.165, 1.54) is 12.8 Å². The lowest BCUT2D eigenvalue weighted by Crippen LogP contribution is -2.39. The van der Waals surface area contributed by atoms with E-state index in [0.29, 0.717) is 18.2 Å². The number of piperidine rings is 1. The van der Waals surface area contributed by atoms with Gasteiger partial charge in [-0.05, 0) is 25.2 Å². The van der Waals surface area contributed by atoms with Crippen LogP contribution in [0, 0.1) is 5.92 Å². The fraction of sp³-hybridized carbons (Fsp3) is 0.625. The molecule has 1 amide bonds. The SMILES string of the molecule is CC1CCCN(C(=O)CCCC[n+]2ccccc2)C1. The number of nitrogens with zero attached hydrogens (tertiary/aromatic N) is 2. The van der Waals surface area contributed by atoms with Crippen molar-refractivity contribution in [2.24, 2.45) is 5.92 Å². The number of aryl methyl sites for hydroxylation is 1. The van der Waals surface area contributed by atoms with Gasteiger partial charge in [-0.1, -0.05) is 13.0 Å². The number of amides is 1. The third-order valence-corrected chi connectivity index (χ3v) is 3.84. The number of hydrogen-bond acceptors (Lipinski definition) is 1. The first kappa shape index (κ1) is 14.0. The summed E-state index contributed by atoms with van der Waals surface area (Å²) < 4.78 is 2.17. The molecule has 1 aromatic rings. The molecule has 19 heavy (non-hydrogen) atoms. The van der Waals surface area contributed by atoms with Crippen molar-refractivity contribution in [2.75, 3.05) is 13.1 Å². The molecule has 1 aliphatic heterocycles. The van der Waals surface area contributed by atoms with E-state index >= 15 is 0 Å². The smallest absolute Gasteiger partial charge is 0.222 e. The minimum absolute atomic E-state index is 0.351. The molecule has 1 fully saturated rings. The molecule has 3 heteroatoms. The van der Waals surface area contributed by atoms with Crippen LogP contribution in [0.2, 0.25) is 0 Å². The van der Waals surface area contributed by atoms with Crippen molar-refractivity contribution in [3.63, 3.8) is 0 Å². The van der Waals surface area contributed by atoms with E-state index in [1.807, 2.05) is 18.2 Å². The first-order chi connectivity index (χ1) is 9.25. The first-order valence-corrected chi connectivity index (χ1v) is 7.47. The lowest BCUT2D eigenvalue weighted by atomic mass is 10.00. The molecule has 0 radical (unpaired) electrons. The molecule has 0 aliphatic carbocycles. The molecule has 104 valence electrons. The summed E-state index contributed by atoms with van der Waals surface area (Å²) in [6, 6.07) is 6.11. The molecule has 1 atom stereocenters. The molecule has 0 N–H and O–H groups in total. The average Bonchev–Trinajstić information content (AvgIpc) is 2.44. The summed E-state index contributed by atoms with van der Waals surface area (Å²) in [4.78, 5) is 14.1. The van der Waals surface area contributed by atoms with Crippen molar-refractivity contribution in [3.8, 4) is 0 Å². The van der Waals surface area contributed by atoms with Gasteiger partial charge in [0, 0.05) is 38.1 Å². The molecular weight excluding hydrogens is 236 g/mol. The van der Waals surface area contributed by atoms with Crippen molar-refractivity contribution < 1.29 is 9.36 Å². The highest BCUT2D eigenvalue weighted by atomic mass is 16.2. The van der Waals surface area contributed by atoms with Gasteiger partial charge in [0.15, 0.2) is 12.4 Å². The normalized spacial score (nSPS) is 19.4. The number of carbonyl (C=O) groups excluding carboxylic acids is 1.